The lowest BCUT2D eigenvalue weighted by molar-refractivity contribution is -0.137. The normalized spacial score (nSPS) is 12.4. The van der Waals surface area contributed by atoms with E-state index in [2.05, 4.69) is 24.4 Å². The monoisotopic (exact) mass is 437 g/mol. The number of carbonyl (C=O) groups excluding carboxylic acids is 2. The van der Waals surface area contributed by atoms with Gasteiger partial charge >= 0.3 is 0 Å². The summed E-state index contributed by atoms with van der Waals surface area (Å²) >= 11 is 0. The van der Waals surface area contributed by atoms with Crippen LogP contribution >= 0.6 is 0 Å². The summed E-state index contributed by atoms with van der Waals surface area (Å²) in [4.78, 5) is 29.7. The number of hydrogen-bond acceptors (Lipinski definition) is 3. The number of hydrogen-bond donors (Lipinski definition) is 1. The predicted octanol–water partition coefficient (Wildman–Crippen LogP) is 5.87. The Morgan fingerprint density at radius 1 is 0.969 bits per heavy atom. The van der Waals surface area contributed by atoms with Crippen molar-refractivity contribution < 1.29 is 9.59 Å². The fourth-order valence-electron chi connectivity index (χ4n) is 3.75. The van der Waals surface area contributed by atoms with Gasteiger partial charge in [0.25, 0.3) is 0 Å². The minimum Gasteiger partial charge on any atom is -0.377 e. The van der Waals surface area contributed by atoms with Gasteiger partial charge in [-0.2, -0.15) is 0 Å². The van der Waals surface area contributed by atoms with Crippen molar-refractivity contribution in [1.29, 1.82) is 0 Å². The zero-order valence-electron chi connectivity index (χ0n) is 20.9. The smallest absolute Gasteiger partial charge is 0.225 e. The molecule has 0 fully saturated rings. The minimum absolute atomic E-state index is 0.00572. The first-order chi connectivity index (χ1) is 14.9. The molecule has 0 aliphatic rings. The molecule has 174 valence electrons. The van der Waals surface area contributed by atoms with E-state index in [0.29, 0.717) is 13.0 Å². The zero-order chi connectivity index (χ0) is 24.1. The van der Waals surface area contributed by atoms with Crippen LogP contribution in [-0.2, 0) is 16.1 Å². The van der Waals surface area contributed by atoms with Crippen LogP contribution in [0.15, 0.2) is 48.5 Å². The van der Waals surface area contributed by atoms with Gasteiger partial charge in [0.2, 0.25) is 11.8 Å². The summed E-state index contributed by atoms with van der Waals surface area (Å²) in [6.07, 6.45) is 0.445. The first-order valence-corrected chi connectivity index (χ1v) is 11.3. The van der Waals surface area contributed by atoms with E-state index in [1.165, 1.54) is 0 Å². The third-order valence-corrected chi connectivity index (χ3v) is 5.40. The Balaban J connectivity index is 2.39. The first kappa shape index (κ1) is 25.4. The van der Waals surface area contributed by atoms with Crippen molar-refractivity contribution in [3.8, 4) is 0 Å². The molecule has 1 N–H and O–H groups in total. The molecule has 0 radical (unpaired) electrons. The van der Waals surface area contributed by atoms with Crippen molar-refractivity contribution in [2.45, 2.75) is 60.5 Å². The molecule has 0 aromatic heterocycles. The fourth-order valence-corrected chi connectivity index (χ4v) is 3.75. The Morgan fingerprint density at radius 2 is 1.59 bits per heavy atom. The molecule has 2 rings (SSSR count). The number of rotatable bonds is 8. The average Bonchev–Trinajstić information content (AvgIpc) is 2.70. The molecule has 2 aromatic rings. The van der Waals surface area contributed by atoms with Gasteiger partial charge in [-0.15, -0.1) is 0 Å². The van der Waals surface area contributed by atoms with Crippen LogP contribution in [0.5, 0.6) is 0 Å². The molecule has 32 heavy (non-hydrogen) atoms. The minimum atomic E-state index is -0.112. The molecule has 5 heteroatoms. The molecule has 2 aromatic carbocycles. The first-order valence-electron chi connectivity index (χ1n) is 11.3. The van der Waals surface area contributed by atoms with Crippen LogP contribution in [0, 0.1) is 11.3 Å². The maximum atomic E-state index is 13.2. The van der Waals surface area contributed by atoms with Crippen LogP contribution in [0.25, 0.3) is 0 Å². The maximum absolute atomic E-state index is 13.2. The van der Waals surface area contributed by atoms with Crippen molar-refractivity contribution in [1.82, 2.24) is 4.90 Å². The fraction of sp³-hybridized carbons (Fsp3) is 0.481. The molecule has 1 unspecified atom stereocenters. The molecule has 0 saturated carbocycles. The molecule has 0 bridgehead atoms. The molecule has 0 heterocycles. The summed E-state index contributed by atoms with van der Waals surface area (Å²) in [5.74, 6) is -0.0133. The van der Waals surface area contributed by atoms with Gasteiger partial charge in [0, 0.05) is 44.4 Å². The lowest BCUT2D eigenvalue weighted by Gasteiger charge is -2.33. The topological polar surface area (TPSA) is 52.7 Å². The summed E-state index contributed by atoms with van der Waals surface area (Å²) < 4.78 is 0. The van der Waals surface area contributed by atoms with Gasteiger partial charge in [0.05, 0.1) is 6.04 Å². The van der Waals surface area contributed by atoms with Gasteiger partial charge in [-0.25, -0.2) is 0 Å². The van der Waals surface area contributed by atoms with Crippen molar-refractivity contribution in [3.63, 3.8) is 0 Å². The van der Waals surface area contributed by atoms with Crippen LogP contribution in [-0.4, -0.2) is 30.8 Å². The van der Waals surface area contributed by atoms with Gasteiger partial charge in [0.1, 0.15) is 0 Å². The van der Waals surface area contributed by atoms with Crippen LogP contribution in [0.2, 0.25) is 0 Å². The molecule has 5 nitrogen and oxygen atoms in total. The quantitative estimate of drug-likeness (QED) is 0.562. The lowest BCUT2D eigenvalue weighted by Crippen LogP contribution is -2.36. The second kappa shape index (κ2) is 10.7. The highest BCUT2D eigenvalue weighted by molar-refractivity contribution is 5.91. The standard InChI is InChI=1S/C27H39N3O2/c1-19(2)26(32)30(20(3)21-12-10-9-11-13-21)18-22-16-23(14-15-24(22)29(7)8)28-25(31)17-27(4,5)6/h9-16,19-20H,17-18H2,1-8H3,(H,28,31). The van der Waals surface area contributed by atoms with Crippen molar-refractivity contribution in [3.05, 3.63) is 59.7 Å². The Kier molecular flexibility index (Phi) is 8.48. The Morgan fingerprint density at radius 3 is 2.12 bits per heavy atom. The third-order valence-electron chi connectivity index (χ3n) is 5.40. The predicted molar refractivity (Wildman–Crippen MR) is 134 cm³/mol. The summed E-state index contributed by atoms with van der Waals surface area (Å²) in [5.41, 5.74) is 3.80. The van der Waals surface area contributed by atoms with E-state index >= 15 is 0 Å². The number of amides is 2. The number of benzene rings is 2. The van der Waals surface area contributed by atoms with Crippen LogP contribution < -0.4 is 10.2 Å². The SMILES string of the molecule is CC(C)C(=O)N(Cc1cc(NC(=O)CC(C)(C)C)ccc1N(C)C)C(C)c1ccccc1. The zero-order valence-corrected chi connectivity index (χ0v) is 20.9. The number of carbonyl (C=O) groups is 2. The number of nitrogens with one attached hydrogen (secondary N) is 1. The van der Waals surface area contributed by atoms with E-state index in [0.717, 1.165) is 22.5 Å². The van der Waals surface area contributed by atoms with Crippen LogP contribution in [0.4, 0.5) is 11.4 Å². The van der Waals surface area contributed by atoms with Crippen LogP contribution in [0.1, 0.15) is 65.1 Å². The summed E-state index contributed by atoms with van der Waals surface area (Å²) in [6.45, 7) is 12.5. The van der Waals surface area contributed by atoms with E-state index < -0.39 is 0 Å². The van der Waals surface area contributed by atoms with Crippen LogP contribution in [0.3, 0.4) is 0 Å². The molecular formula is C27H39N3O2. The molecule has 0 aliphatic carbocycles. The van der Waals surface area contributed by atoms with E-state index in [1.807, 2.05) is 94.9 Å². The van der Waals surface area contributed by atoms with Gasteiger partial charge < -0.3 is 15.1 Å². The summed E-state index contributed by atoms with van der Waals surface area (Å²) in [5, 5.41) is 3.03. The largest absolute Gasteiger partial charge is 0.377 e. The van der Waals surface area contributed by atoms with Gasteiger partial charge in [-0.3, -0.25) is 9.59 Å². The van der Waals surface area contributed by atoms with Gasteiger partial charge in [0.15, 0.2) is 0 Å². The van der Waals surface area contributed by atoms with E-state index in [9.17, 15) is 9.59 Å². The highest BCUT2D eigenvalue weighted by atomic mass is 16.2. The van der Waals surface area contributed by atoms with Crippen molar-refractivity contribution >= 4 is 23.2 Å². The maximum Gasteiger partial charge on any atom is 0.225 e. The van der Waals surface area contributed by atoms with E-state index in [4.69, 9.17) is 0 Å². The van der Waals surface area contributed by atoms with Gasteiger partial charge in [-0.1, -0.05) is 65.0 Å². The molecule has 0 aliphatic heterocycles. The van der Waals surface area contributed by atoms with Crippen molar-refractivity contribution in [2.24, 2.45) is 11.3 Å². The molecular weight excluding hydrogens is 398 g/mol. The Labute approximate surface area is 193 Å². The Hall–Kier alpha value is -2.82. The second-order valence-electron chi connectivity index (χ2n) is 10.2. The summed E-state index contributed by atoms with van der Waals surface area (Å²) in [7, 11) is 3.98. The molecule has 0 spiro atoms. The van der Waals surface area contributed by atoms with Gasteiger partial charge in [-0.05, 0) is 41.7 Å². The third kappa shape index (κ3) is 7.11. The molecule has 0 saturated heterocycles. The van der Waals surface area contributed by atoms with E-state index in [1.54, 1.807) is 0 Å². The number of anilines is 2. The van der Waals surface area contributed by atoms with E-state index in [-0.39, 0.29) is 29.2 Å². The molecule has 2 amide bonds. The average molecular weight is 438 g/mol. The highest BCUT2D eigenvalue weighted by Crippen LogP contribution is 2.30. The molecule has 1 atom stereocenters. The highest BCUT2D eigenvalue weighted by Gasteiger charge is 2.25. The number of nitrogens with zero attached hydrogens (tertiary/aromatic N) is 2. The van der Waals surface area contributed by atoms with Crippen molar-refractivity contribution in [2.75, 3.05) is 24.3 Å². The Bertz CT molecular complexity index is 914. The summed E-state index contributed by atoms with van der Waals surface area (Å²) in [6, 6.07) is 16.0. The second-order valence-corrected chi connectivity index (χ2v) is 10.2. The lowest BCUT2D eigenvalue weighted by atomic mass is 9.92.